The van der Waals surface area contributed by atoms with Crippen molar-refractivity contribution in [2.24, 2.45) is 0 Å². The molecule has 3 rings (SSSR count). The topological polar surface area (TPSA) is 32.3 Å². The van der Waals surface area contributed by atoms with Crippen LogP contribution < -0.4 is 5.32 Å². The van der Waals surface area contributed by atoms with Gasteiger partial charge in [0.25, 0.3) is 0 Å². The third-order valence-electron chi connectivity index (χ3n) is 5.25. The number of nitrogens with one attached hydrogen (secondary N) is 1. The van der Waals surface area contributed by atoms with Gasteiger partial charge in [-0.25, -0.2) is 0 Å². The Morgan fingerprint density at radius 3 is 2.55 bits per heavy atom. The number of piperidine rings is 1. The summed E-state index contributed by atoms with van der Waals surface area (Å²) in [6, 6.07) is 9.60. The van der Waals surface area contributed by atoms with Gasteiger partial charge in [-0.2, -0.15) is 0 Å². The highest BCUT2D eigenvalue weighted by atomic mass is 16.1. The van der Waals surface area contributed by atoms with E-state index in [1.54, 1.807) is 0 Å². The Morgan fingerprint density at radius 2 is 1.91 bits per heavy atom. The van der Waals surface area contributed by atoms with Crippen molar-refractivity contribution in [3.8, 4) is 0 Å². The molecular weight excluding hydrogens is 272 g/mol. The lowest BCUT2D eigenvalue weighted by Crippen LogP contribution is -2.50. The number of hydrogen-bond acceptors (Lipinski definition) is 2. The number of rotatable bonds is 5. The summed E-state index contributed by atoms with van der Waals surface area (Å²) < 4.78 is 0. The van der Waals surface area contributed by atoms with Gasteiger partial charge in [0.15, 0.2) is 0 Å². The average Bonchev–Trinajstić information content (AvgIpc) is 2.47. The van der Waals surface area contributed by atoms with E-state index < -0.39 is 0 Å². The van der Waals surface area contributed by atoms with Crippen molar-refractivity contribution >= 4 is 5.91 Å². The number of hydrogen-bond donors (Lipinski definition) is 1. The summed E-state index contributed by atoms with van der Waals surface area (Å²) >= 11 is 0. The van der Waals surface area contributed by atoms with Gasteiger partial charge in [0, 0.05) is 25.2 Å². The standard InChI is InChI=1S/C19H28N2O/c1-2-15-5-3-6-16(13-15)14-19(22)20-17-9-11-21(12-10-17)18-7-4-8-18/h3,5-6,13,17-18H,2,4,7-12,14H2,1H3,(H,20,22). The van der Waals surface area contributed by atoms with E-state index >= 15 is 0 Å². The van der Waals surface area contributed by atoms with E-state index in [1.165, 1.54) is 24.8 Å². The molecule has 120 valence electrons. The fraction of sp³-hybridized carbons (Fsp3) is 0.632. The van der Waals surface area contributed by atoms with Gasteiger partial charge in [-0.05, 0) is 43.2 Å². The van der Waals surface area contributed by atoms with Crippen LogP contribution in [0.2, 0.25) is 0 Å². The molecule has 1 amide bonds. The highest BCUT2D eigenvalue weighted by molar-refractivity contribution is 5.78. The largest absolute Gasteiger partial charge is 0.353 e. The minimum absolute atomic E-state index is 0.176. The molecule has 3 heteroatoms. The summed E-state index contributed by atoms with van der Waals surface area (Å²) in [5, 5.41) is 3.23. The smallest absolute Gasteiger partial charge is 0.224 e. The summed E-state index contributed by atoms with van der Waals surface area (Å²) in [4.78, 5) is 14.9. The van der Waals surface area contributed by atoms with Crippen LogP contribution in [0.5, 0.6) is 0 Å². The maximum atomic E-state index is 12.2. The molecule has 3 nitrogen and oxygen atoms in total. The maximum Gasteiger partial charge on any atom is 0.224 e. The van der Waals surface area contributed by atoms with E-state index in [0.29, 0.717) is 12.5 Å². The average molecular weight is 300 g/mol. The molecule has 0 aromatic heterocycles. The Balaban J connectivity index is 1.44. The lowest BCUT2D eigenvalue weighted by molar-refractivity contribution is -0.121. The van der Waals surface area contributed by atoms with E-state index in [-0.39, 0.29) is 5.91 Å². The molecule has 2 aliphatic rings. The lowest BCUT2D eigenvalue weighted by Gasteiger charge is -2.41. The molecule has 0 unspecified atom stereocenters. The summed E-state index contributed by atoms with van der Waals surface area (Å²) in [5.41, 5.74) is 2.43. The van der Waals surface area contributed by atoms with Crippen molar-refractivity contribution in [2.45, 2.75) is 64.0 Å². The first-order valence-corrected chi connectivity index (χ1v) is 8.86. The van der Waals surface area contributed by atoms with Gasteiger partial charge in [0.05, 0.1) is 6.42 Å². The first-order chi connectivity index (χ1) is 10.7. The molecule has 22 heavy (non-hydrogen) atoms. The van der Waals surface area contributed by atoms with E-state index in [9.17, 15) is 4.79 Å². The van der Waals surface area contributed by atoms with Crippen LogP contribution in [0.25, 0.3) is 0 Å². The molecule has 1 aromatic carbocycles. The van der Waals surface area contributed by atoms with Gasteiger partial charge in [0.1, 0.15) is 0 Å². The molecule has 1 heterocycles. The molecule has 1 aliphatic heterocycles. The fourth-order valence-corrected chi connectivity index (χ4v) is 3.58. The van der Waals surface area contributed by atoms with E-state index in [2.05, 4.69) is 41.4 Å². The number of aryl methyl sites for hydroxylation is 1. The number of carbonyl (C=O) groups excluding carboxylic acids is 1. The Kier molecular flexibility index (Phi) is 5.14. The SMILES string of the molecule is CCc1cccc(CC(=O)NC2CCN(C3CCC3)CC2)c1. The molecule has 0 radical (unpaired) electrons. The maximum absolute atomic E-state index is 12.2. The molecule has 0 spiro atoms. The Bertz CT molecular complexity index is 502. The number of amides is 1. The highest BCUT2D eigenvalue weighted by Gasteiger charge is 2.29. The van der Waals surface area contributed by atoms with Gasteiger partial charge < -0.3 is 10.2 Å². The quantitative estimate of drug-likeness (QED) is 0.907. The Labute approximate surface area is 134 Å². The van der Waals surface area contributed by atoms with Gasteiger partial charge in [-0.15, -0.1) is 0 Å². The second-order valence-corrected chi connectivity index (χ2v) is 6.81. The molecule has 0 bridgehead atoms. The van der Waals surface area contributed by atoms with Crippen molar-refractivity contribution in [2.75, 3.05) is 13.1 Å². The van der Waals surface area contributed by atoms with Crippen molar-refractivity contribution in [3.63, 3.8) is 0 Å². The van der Waals surface area contributed by atoms with Crippen molar-refractivity contribution in [3.05, 3.63) is 35.4 Å². The van der Waals surface area contributed by atoms with Gasteiger partial charge >= 0.3 is 0 Å². The van der Waals surface area contributed by atoms with Crippen LogP contribution in [-0.2, 0) is 17.6 Å². The molecule has 1 saturated carbocycles. The van der Waals surface area contributed by atoms with Crippen LogP contribution in [0.4, 0.5) is 0 Å². The first-order valence-electron chi connectivity index (χ1n) is 8.86. The zero-order chi connectivity index (χ0) is 15.4. The van der Waals surface area contributed by atoms with Crippen molar-refractivity contribution in [1.82, 2.24) is 10.2 Å². The van der Waals surface area contributed by atoms with Crippen LogP contribution in [0.3, 0.4) is 0 Å². The minimum atomic E-state index is 0.176. The Hall–Kier alpha value is -1.35. The van der Waals surface area contributed by atoms with Gasteiger partial charge in [-0.3, -0.25) is 4.79 Å². The van der Waals surface area contributed by atoms with E-state index in [4.69, 9.17) is 0 Å². The third kappa shape index (κ3) is 3.89. The highest BCUT2D eigenvalue weighted by Crippen LogP contribution is 2.27. The van der Waals surface area contributed by atoms with Crippen molar-refractivity contribution < 1.29 is 4.79 Å². The molecular formula is C19H28N2O. The second kappa shape index (κ2) is 7.28. The summed E-state index contributed by atoms with van der Waals surface area (Å²) in [6.45, 7) is 4.46. The van der Waals surface area contributed by atoms with Crippen LogP contribution in [0.1, 0.15) is 50.2 Å². The lowest BCUT2D eigenvalue weighted by atomic mass is 9.89. The zero-order valence-electron chi connectivity index (χ0n) is 13.7. The van der Waals surface area contributed by atoms with Crippen LogP contribution in [0.15, 0.2) is 24.3 Å². The molecule has 2 fully saturated rings. The van der Waals surface area contributed by atoms with Gasteiger partial charge in [0.2, 0.25) is 5.91 Å². The molecule has 1 N–H and O–H groups in total. The molecule has 1 aromatic rings. The summed E-state index contributed by atoms with van der Waals surface area (Å²) in [7, 11) is 0. The van der Waals surface area contributed by atoms with E-state index in [1.807, 2.05) is 0 Å². The van der Waals surface area contributed by atoms with Crippen LogP contribution >= 0.6 is 0 Å². The first kappa shape index (κ1) is 15.5. The second-order valence-electron chi connectivity index (χ2n) is 6.81. The normalized spacial score (nSPS) is 20.6. The third-order valence-corrected chi connectivity index (χ3v) is 5.25. The molecule has 0 atom stereocenters. The summed E-state index contributed by atoms with van der Waals surface area (Å²) in [5.74, 6) is 0.176. The molecule has 1 aliphatic carbocycles. The number of carbonyl (C=O) groups is 1. The minimum Gasteiger partial charge on any atom is -0.353 e. The zero-order valence-corrected chi connectivity index (χ0v) is 13.7. The monoisotopic (exact) mass is 300 g/mol. The van der Waals surface area contributed by atoms with Crippen LogP contribution in [-0.4, -0.2) is 36.0 Å². The van der Waals surface area contributed by atoms with Crippen molar-refractivity contribution in [1.29, 1.82) is 0 Å². The van der Waals surface area contributed by atoms with Gasteiger partial charge in [-0.1, -0.05) is 37.6 Å². The van der Waals surface area contributed by atoms with Crippen LogP contribution in [0, 0.1) is 0 Å². The molecule has 1 saturated heterocycles. The van der Waals surface area contributed by atoms with E-state index in [0.717, 1.165) is 44.0 Å². The number of nitrogens with zero attached hydrogens (tertiary/aromatic N) is 1. The Morgan fingerprint density at radius 1 is 1.18 bits per heavy atom. The fourth-order valence-electron chi connectivity index (χ4n) is 3.58. The predicted octanol–water partition coefficient (Wildman–Crippen LogP) is 2.92. The summed E-state index contributed by atoms with van der Waals surface area (Å²) in [6.07, 6.45) is 7.91. The predicted molar refractivity (Wildman–Crippen MR) is 89.9 cm³/mol. The number of benzene rings is 1. The number of likely N-dealkylation sites (tertiary alicyclic amines) is 1.